The van der Waals surface area contributed by atoms with Gasteiger partial charge >= 0.3 is 5.69 Å². The molecule has 1 aliphatic rings. The molecule has 28 heavy (non-hydrogen) atoms. The van der Waals surface area contributed by atoms with Crippen LogP contribution in [0.5, 0.6) is 5.75 Å². The molecule has 1 aliphatic heterocycles. The maximum Gasteiger partial charge on any atom is 0.311 e. The molecule has 1 amide bonds. The van der Waals surface area contributed by atoms with Crippen molar-refractivity contribution in [2.45, 2.75) is 18.8 Å². The van der Waals surface area contributed by atoms with Crippen LogP contribution in [0.25, 0.3) is 5.65 Å². The van der Waals surface area contributed by atoms with Gasteiger partial charge in [0.15, 0.2) is 11.4 Å². The largest absolute Gasteiger partial charge is 0.490 e. The van der Waals surface area contributed by atoms with Crippen molar-refractivity contribution < 1.29 is 14.5 Å². The predicted molar refractivity (Wildman–Crippen MR) is 101 cm³/mol. The molecule has 3 aromatic rings. The Morgan fingerprint density at radius 1 is 1.29 bits per heavy atom. The van der Waals surface area contributed by atoms with Crippen LogP contribution in [-0.4, -0.2) is 50.5 Å². The Labute approximate surface area is 160 Å². The molecule has 0 spiro atoms. The molecule has 9 heteroatoms. The second-order valence-electron chi connectivity index (χ2n) is 6.72. The predicted octanol–water partition coefficient (Wildman–Crippen LogP) is 2.67. The Morgan fingerprint density at radius 3 is 2.93 bits per heavy atom. The smallest absolute Gasteiger partial charge is 0.311 e. The van der Waals surface area contributed by atoms with Gasteiger partial charge in [0, 0.05) is 36.8 Å². The van der Waals surface area contributed by atoms with E-state index >= 15 is 0 Å². The molecule has 1 aromatic carbocycles. The van der Waals surface area contributed by atoms with Gasteiger partial charge in [-0.2, -0.15) is 0 Å². The number of carbonyl (C=O) groups excluding carboxylic acids is 1. The highest BCUT2D eigenvalue weighted by Crippen LogP contribution is 2.30. The summed E-state index contributed by atoms with van der Waals surface area (Å²) < 4.78 is 6.95. The van der Waals surface area contributed by atoms with Crippen molar-refractivity contribution in [3.8, 4) is 5.75 Å². The van der Waals surface area contributed by atoms with E-state index < -0.39 is 4.92 Å². The van der Waals surface area contributed by atoms with Crippen LogP contribution in [0, 0.1) is 10.1 Å². The molecule has 0 radical (unpaired) electrons. The quantitative estimate of drug-likeness (QED) is 0.508. The zero-order valence-corrected chi connectivity index (χ0v) is 15.3. The summed E-state index contributed by atoms with van der Waals surface area (Å²) in [6, 6.07) is 10.0. The first-order valence-electron chi connectivity index (χ1n) is 9.00. The number of nitro benzene ring substituents is 1. The molecule has 1 unspecified atom stereocenters. The number of benzene rings is 1. The number of carbonyl (C=O) groups is 1. The van der Waals surface area contributed by atoms with E-state index in [0.717, 1.165) is 24.3 Å². The first-order chi connectivity index (χ1) is 13.6. The zero-order chi connectivity index (χ0) is 19.7. The lowest BCUT2D eigenvalue weighted by atomic mass is 9.96. The highest BCUT2D eigenvalue weighted by molar-refractivity contribution is 5.95. The van der Waals surface area contributed by atoms with E-state index in [0.29, 0.717) is 13.1 Å². The fourth-order valence-electron chi connectivity index (χ4n) is 3.66. The summed E-state index contributed by atoms with van der Waals surface area (Å²) >= 11 is 0. The number of amides is 1. The number of ether oxygens (including phenoxy) is 1. The maximum atomic E-state index is 13.0. The Morgan fingerprint density at radius 2 is 2.14 bits per heavy atom. The van der Waals surface area contributed by atoms with Gasteiger partial charge in [-0.15, -0.1) is 10.2 Å². The molecule has 2 aromatic heterocycles. The Hall–Kier alpha value is -3.49. The van der Waals surface area contributed by atoms with Crippen LogP contribution in [0.1, 0.15) is 34.9 Å². The molecule has 0 bridgehead atoms. The standard InChI is InChI=1S/C19H19N5O4/c1-28-16-8-7-13(11-15(16)24(26)27)19(25)22-9-4-5-14(12-22)18-21-20-17-6-2-3-10-23(17)18/h2-3,6-8,10-11,14H,4-5,9,12H2,1H3. The van der Waals surface area contributed by atoms with Gasteiger partial charge in [-0.3, -0.25) is 19.3 Å². The molecular weight excluding hydrogens is 362 g/mol. The minimum Gasteiger partial charge on any atom is -0.490 e. The lowest BCUT2D eigenvalue weighted by Gasteiger charge is -2.32. The number of nitro groups is 1. The summed E-state index contributed by atoms with van der Waals surface area (Å²) in [5.41, 5.74) is 0.830. The lowest BCUT2D eigenvalue weighted by Crippen LogP contribution is -2.39. The van der Waals surface area contributed by atoms with Crippen molar-refractivity contribution in [3.63, 3.8) is 0 Å². The summed E-state index contributed by atoms with van der Waals surface area (Å²) in [4.78, 5) is 25.4. The number of hydrogen-bond acceptors (Lipinski definition) is 6. The van der Waals surface area contributed by atoms with E-state index in [1.807, 2.05) is 28.8 Å². The molecule has 9 nitrogen and oxygen atoms in total. The first-order valence-corrected chi connectivity index (χ1v) is 9.00. The second-order valence-corrected chi connectivity index (χ2v) is 6.72. The fourth-order valence-corrected chi connectivity index (χ4v) is 3.66. The molecule has 1 atom stereocenters. The summed E-state index contributed by atoms with van der Waals surface area (Å²) in [5.74, 6) is 0.787. The highest BCUT2D eigenvalue weighted by atomic mass is 16.6. The number of rotatable bonds is 4. The van der Waals surface area contributed by atoms with Crippen LogP contribution in [0.2, 0.25) is 0 Å². The van der Waals surface area contributed by atoms with Gasteiger partial charge in [0.25, 0.3) is 5.91 Å². The number of fused-ring (bicyclic) bond motifs is 1. The van der Waals surface area contributed by atoms with Crippen LogP contribution in [0.3, 0.4) is 0 Å². The van der Waals surface area contributed by atoms with Gasteiger partial charge in [-0.25, -0.2) is 0 Å². The van der Waals surface area contributed by atoms with Gasteiger partial charge in [0.05, 0.1) is 12.0 Å². The van der Waals surface area contributed by atoms with E-state index in [9.17, 15) is 14.9 Å². The maximum absolute atomic E-state index is 13.0. The number of pyridine rings is 1. The van der Waals surface area contributed by atoms with E-state index in [1.165, 1.54) is 19.2 Å². The van der Waals surface area contributed by atoms with Crippen molar-refractivity contribution in [1.29, 1.82) is 0 Å². The normalized spacial score (nSPS) is 16.9. The Balaban J connectivity index is 1.59. The Kier molecular flexibility index (Phi) is 4.64. The number of piperidine rings is 1. The highest BCUT2D eigenvalue weighted by Gasteiger charge is 2.29. The number of nitrogens with zero attached hydrogens (tertiary/aromatic N) is 5. The third-order valence-corrected chi connectivity index (χ3v) is 5.04. The van der Waals surface area contributed by atoms with Gasteiger partial charge in [0.1, 0.15) is 5.82 Å². The van der Waals surface area contributed by atoms with Crippen LogP contribution in [0.15, 0.2) is 42.6 Å². The topological polar surface area (TPSA) is 103 Å². The fraction of sp³-hybridized carbons (Fsp3) is 0.316. The average Bonchev–Trinajstić information content (AvgIpc) is 3.17. The monoisotopic (exact) mass is 381 g/mol. The summed E-state index contributed by atoms with van der Waals surface area (Å²) in [6.45, 7) is 1.10. The molecule has 3 heterocycles. The van der Waals surface area contributed by atoms with Gasteiger partial charge in [-0.05, 0) is 37.1 Å². The van der Waals surface area contributed by atoms with E-state index in [1.54, 1.807) is 11.0 Å². The SMILES string of the molecule is COc1ccc(C(=O)N2CCCC(c3nnc4ccccn34)C2)cc1[N+](=O)[O-]. The average molecular weight is 381 g/mol. The number of aromatic nitrogens is 3. The summed E-state index contributed by atoms with van der Waals surface area (Å²) in [7, 11) is 1.36. The molecule has 1 saturated heterocycles. The van der Waals surface area contributed by atoms with Crippen molar-refractivity contribution in [3.05, 3.63) is 64.1 Å². The molecule has 0 N–H and O–H groups in total. The summed E-state index contributed by atoms with van der Waals surface area (Å²) in [5, 5.41) is 19.8. The first kappa shape index (κ1) is 17.9. The van der Waals surface area contributed by atoms with Crippen LogP contribution < -0.4 is 4.74 Å². The minimum absolute atomic E-state index is 0.0586. The third-order valence-electron chi connectivity index (χ3n) is 5.04. The van der Waals surface area contributed by atoms with Crippen LogP contribution in [-0.2, 0) is 0 Å². The molecular formula is C19H19N5O4. The minimum atomic E-state index is -0.545. The van der Waals surface area contributed by atoms with Gasteiger partial charge in [0.2, 0.25) is 0 Å². The second kappa shape index (κ2) is 7.26. The zero-order valence-electron chi connectivity index (χ0n) is 15.3. The van der Waals surface area contributed by atoms with Crippen molar-refractivity contribution in [2.75, 3.05) is 20.2 Å². The van der Waals surface area contributed by atoms with Crippen LogP contribution in [0.4, 0.5) is 5.69 Å². The van der Waals surface area contributed by atoms with Crippen LogP contribution >= 0.6 is 0 Å². The van der Waals surface area contributed by atoms with Gasteiger partial charge in [-0.1, -0.05) is 6.07 Å². The Bertz CT molecular complexity index is 1050. The van der Waals surface area contributed by atoms with E-state index in [-0.39, 0.29) is 28.8 Å². The number of likely N-dealkylation sites (tertiary alicyclic amines) is 1. The molecule has 1 fully saturated rings. The van der Waals surface area contributed by atoms with E-state index in [2.05, 4.69) is 10.2 Å². The molecule has 4 rings (SSSR count). The number of hydrogen-bond donors (Lipinski definition) is 0. The lowest BCUT2D eigenvalue weighted by molar-refractivity contribution is -0.385. The van der Waals surface area contributed by atoms with Crippen molar-refractivity contribution in [1.82, 2.24) is 19.5 Å². The van der Waals surface area contributed by atoms with Crippen molar-refractivity contribution >= 4 is 17.2 Å². The molecule has 144 valence electrons. The number of methoxy groups -OCH3 is 1. The molecule has 0 saturated carbocycles. The van der Waals surface area contributed by atoms with Gasteiger partial charge < -0.3 is 9.64 Å². The third kappa shape index (κ3) is 3.15. The molecule has 0 aliphatic carbocycles. The summed E-state index contributed by atoms with van der Waals surface area (Å²) in [6.07, 6.45) is 3.65. The van der Waals surface area contributed by atoms with Crippen molar-refractivity contribution in [2.24, 2.45) is 0 Å². The van der Waals surface area contributed by atoms with E-state index in [4.69, 9.17) is 4.74 Å².